The predicted molar refractivity (Wildman–Crippen MR) is 220 cm³/mol. The second-order valence-corrected chi connectivity index (χ2v) is 16.0. The zero-order valence-corrected chi connectivity index (χ0v) is 33.2. The summed E-state index contributed by atoms with van der Waals surface area (Å²) in [4.78, 5) is 0. The highest BCUT2D eigenvalue weighted by Crippen LogP contribution is 2.54. The van der Waals surface area contributed by atoms with Crippen LogP contribution in [0.5, 0.6) is 34.5 Å². The molecule has 0 saturated heterocycles. The van der Waals surface area contributed by atoms with Gasteiger partial charge in [-0.25, -0.2) is 0 Å². The summed E-state index contributed by atoms with van der Waals surface area (Å²) < 4.78 is 49.7. The topological polar surface area (TPSA) is 81.7 Å². The standard InChI is InChI=1S/C44H40O8P2/c1-25-17-27(3)43(51-53-41-15-11-31(47-7)23-35(41)36-24-32(48-8)12-16-42(36)53)37(19-25)38-20-26(2)18-28(4)44(38)52-54-49-39-13-9-29(45-5)21-33(39)34-22-30(46-6)10-14-40(34)50-54/h9-24H,1-8H3. The fourth-order valence-corrected chi connectivity index (χ4v) is 10.3. The number of benzene rings is 6. The Balaban J connectivity index is 1.32. The van der Waals surface area contributed by atoms with Crippen LogP contribution >= 0.6 is 16.0 Å². The molecule has 6 aromatic carbocycles. The molecule has 0 fully saturated rings. The van der Waals surface area contributed by atoms with E-state index in [1.165, 1.54) is 0 Å². The van der Waals surface area contributed by atoms with E-state index in [1.807, 2.05) is 55.5 Å². The van der Waals surface area contributed by atoms with E-state index >= 15 is 0 Å². The number of hydrogen-bond donors (Lipinski definition) is 0. The van der Waals surface area contributed by atoms with Gasteiger partial charge in [-0.05, 0) is 135 Å². The van der Waals surface area contributed by atoms with Crippen molar-refractivity contribution in [1.29, 1.82) is 0 Å². The van der Waals surface area contributed by atoms with Gasteiger partial charge in [0.15, 0.2) is 0 Å². The highest BCUT2D eigenvalue weighted by molar-refractivity contribution is 7.57. The van der Waals surface area contributed by atoms with Crippen LogP contribution in [0.4, 0.5) is 0 Å². The predicted octanol–water partition coefficient (Wildman–Crippen LogP) is 13.2. The van der Waals surface area contributed by atoms with Gasteiger partial charge in [-0.2, -0.15) is 0 Å². The van der Waals surface area contributed by atoms with Gasteiger partial charge in [-0.15, -0.1) is 0 Å². The van der Waals surface area contributed by atoms with Crippen molar-refractivity contribution in [2.75, 3.05) is 28.4 Å². The van der Waals surface area contributed by atoms with Crippen LogP contribution in [0.2, 0.25) is 0 Å². The summed E-state index contributed by atoms with van der Waals surface area (Å²) in [6.07, 6.45) is 0. The summed E-state index contributed by atoms with van der Waals surface area (Å²) in [6, 6.07) is 32.3. The Hall–Kier alpha value is -5.68. The van der Waals surface area contributed by atoms with Crippen LogP contribution in [0.1, 0.15) is 22.3 Å². The molecular weight excluding hydrogens is 718 g/mol. The van der Waals surface area contributed by atoms with Gasteiger partial charge in [0.2, 0.25) is 0 Å². The monoisotopic (exact) mass is 758 g/mol. The Labute approximate surface area is 315 Å². The quantitative estimate of drug-likeness (QED) is 0.144. The van der Waals surface area contributed by atoms with Crippen molar-refractivity contribution < 1.29 is 36.4 Å². The average Bonchev–Trinajstić information content (AvgIpc) is 3.38. The fourth-order valence-electron chi connectivity index (χ4n) is 7.08. The van der Waals surface area contributed by atoms with Crippen molar-refractivity contribution in [3.8, 4) is 45.6 Å². The lowest BCUT2D eigenvalue weighted by Gasteiger charge is -2.19. The van der Waals surface area contributed by atoms with Gasteiger partial charge in [-0.1, -0.05) is 12.1 Å². The third-order valence-electron chi connectivity index (χ3n) is 9.62. The number of fused-ring (bicyclic) bond motifs is 6. The smallest absolute Gasteiger partial charge is 0.453 e. The molecule has 54 heavy (non-hydrogen) atoms. The van der Waals surface area contributed by atoms with Gasteiger partial charge in [-0.3, -0.25) is 0 Å². The number of ether oxygens (including phenoxy) is 4. The summed E-state index contributed by atoms with van der Waals surface area (Å²) in [5.41, 5.74) is 7.20. The lowest BCUT2D eigenvalue weighted by molar-refractivity contribution is 0.415. The second-order valence-electron chi connectivity index (χ2n) is 13.3. The molecule has 10 heteroatoms. The van der Waals surface area contributed by atoms with Crippen LogP contribution in [-0.4, -0.2) is 28.4 Å². The SMILES string of the molecule is COc1ccc2op(Oc3c(C)cc(C)cc3-c3cc(C)cc(C)c3Op3c4ccc(OC)cc4c4cc(OC)ccc43)oc3ccc(OC)cc3c2c1. The Morgan fingerprint density at radius 1 is 0.426 bits per heavy atom. The molecule has 0 spiro atoms. The molecule has 0 radical (unpaired) electrons. The molecule has 0 N–H and O–H groups in total. The van der Waals surface area contributed by atoms with Crippen LogP contribution in [0.3, 0.4) is 0 Å². The second kappa shape index (κ2) is 14.3. The Morgan fingerprint density at radius 3 is 1.24 bits per heavy atom. The minimum atomic E-state index is -1.97. The summed E-state index contributed by atoms with van der Waals surface area (Å²) in [7, 11) is 3.44. The molecule has 0 atom stereocenters. The lowest BCUT2D eigenvalue weighted by atomic mass is 9.95. The van der Waals surface area contributed by atoms with Crippen LogP contribution in [-0.2, 0) is 0 Å². The molecular formula is C44H40O8P2. The van der Waals surface area contributed by atoms with Gasteiger partial charge < -0.3 is 36.4 Å². The fraction of sp³-hybridized carbons (Fsp3) is 0.182. The van der Waals surface area contributed by atoms with E-state index in [9.17, 15) is 0 Å². The van der Waals surface area contributed by atoms with Crippen LogP contribution in [0.15, 0.2) is 105 Å². The average molecular weight is 759 g/mol. The van der Waals surface area contributed by atoms with Crippen molar-refractivity contribution in [1.82, 2.24) is 0 Å². The Bertz CT molecular complexity index is 2650. The molecule has 0 aliphatic rings. The Kier molecular flexibility index (Phi) is 9.35. The normalized spacial score (nSPS) is 11.3. The molecule has 0 unspecified atom stereocenters. The molecule has 8 nitrogen and oxygen atoms in total. The maximum atomic E-state index is 7.27. The van der Waals surface area contributed by atoms with Gasteiger partial charge in [0.05, 0.1) is 36.2 Å². The summed E-state index contributed by atoms with van der Waals surface area (Å²) >= 11 is 0. The number of rotatable bonds is 9. The van der Waals surface area contributed by atoms with Crippen molar-refractivity contribution in [3.63, 3.8) is 0 Å². The number of hydrogen-bond acceptors (Lipinski definition) is 8. The molecule has 0 amide bonds. The number of aryl methyl sites for hydroxylation is 4. The molecule has 0 bridgehead atoms. The summed E-state index contributed by atoms with van der Waals surface area (Å²) in [5, 5.41) is 6.03. The van der Waals surface area contributed by atoms with E-state index in [4.69, 9.17) is 36.4 Å². The minimum absolute atomic E-state index is 0.616. The maximum Gasteiger partial charge on any atom is 0.453 e. The Morgan fingerprint density at radius 2 is 0.815 bits per heavy atom. The van der Waals surface area contributed by atoms with Crippen molar-refractivity contribution in [2.45, 2.75) is 27.7 Å². The van der Waals surface area contributed by atoms with Crippen molar-refractivity contribution in [3.05, 3.63) is 119 Å². The molecule has 0 aliphatic carbocycles. The number of methoxy groups -OCH3 is 4. The maximum absolute atomic E-state index is 7.27. The van der Waals surface area contributed by atoms with Crippen LogP contribution in [0.25, 0.3) is 54.1 Å². The first-order chi connectivity index (χ1) is 26.2. The molecule has 0 aliphatic heterocycles. The summed E-state index contributed by atoms with van der Waals surface area (Å²) in [6.45, 7) is 8.34. The summed E-state index contributed by atoms with van der Waals surface area (Å²) in [5.74, 6) is 4.42. The molecule has 0 saturated carbocycles. The third kappa shape index (κ3) is 6.36. The molecule has 8 aromatic rings. The zero-order chi connectivity index (χ0) is 37.7. The lowest BCUT2D eigenvalue weighted by Crippen LogP contribution is -1.96. The van der Waals surface area contributed by atoms with Gasteiger partial charge in [0.25, 0.3) is 0 Å². The molecule has 2 aromatic heterocycles. The zero-order valence-electron chi connectivity index (χ0n) is 31.4. The van der Waals surface area contributed by atoms with E-state index in [0.717, 1.165) is 82.4 Å². The van der Waals surface area contributed by atoms with E-state index < -0.39 is 16.0 Å². The van der Waals surface area contributed by atoms with E-state index in [2.05, 4.69) is 69.3 Å². The van der Waals surface area contributed by atoms with Crippen LogP contribution in [0, 0.1) is 27.7 Å². The molecule has 2 heterocycles. The van der Waals surface area contributed by atoms with E-state index in [1.54, 1.807) is 28.4 Å². The van der Waals surface area contributed by atoms with Crippen molar-refractivity contribution >= 4 is 58.9 Å². The van der Waals surface area contributed by atoms with Crippen LogP contribution < -0.4 is 28.0 Å². The van der Waals surface area contributed by atoms with Gasteiger partial charge >= 0.3 is 8.24 Å². The minimum Gasteiger partial charge on any atom is -0.497 e. The molecule has 274 valence electrons. The third-order valence-corrected chi connectivity index (χ3v) is 12.7. The van der Waals surface area contributed by atoms with E-state index in [0.29, 0.717) is 28.4 Å². The van der Waals surface area contributed by atoms with Gasteiger partial charge in [0, 0.05) is 42.9 Å². The van der Waals surface area contributed by atoms with Crippen molar-refractivity contribution in [2.24, 2.45) is 0 Å². The van der Waals surface area contributed by atoms with E-state index in [-0.39, 0.29) is 0 Å². The van der Waals surface area contributed by atoms with Gasteiger partial charge in [0.1, 0.15) is 45.7 Å². The highest BCUT2D eigenvalue weighted by Gasteiger charge is 2.23. The first-order valence-electron chi connectivity index (χ1n) is 17.5. The highest BCUT2D eigenvalue weighted by atomic mass is 31.1. The first kappa shape index (κ1) is 35.4. The first-order valence-corrected chi connectivity index (χ1v) is 19.8. The largest absolute Gasteiger partial charge is 0.497 e. The molecule has 8 rings (SSSR count).